The first-order valence-corrected chi connectivity index (χ1v) is 10.3. The Morgan fingerprint density at radius 3 is 2.62 bits per heavy atom. The average molecular weight is 373 g/mol. The molecule has 0 unspecified atom stereocenters. The minimum Gasteiger partial charge on any atom is -0.353 e. The fourth-order valence-corrected chi connectivity index (χ4v) is 4.55. The van der Waals surface area contributed by atoms with Gasteiger partial charge in [-0.05, 0) is 43.9 Å². The van der Waals surface area contributed by atoms with Crippen LogP contribution in [0.4, 0.5) is 0 Å². The number of carbonyl (C=O) groups excluding carboxylic acids is 1. The highest BCUT2D eigenvalue weighted by atomic mass is 35.5. The van der Waals surface area contributed by atoms with Crippen molar-refractivity contribution < 1.29 is 13.2 Å². The third kappa shape index (κ3) is 5.19. The van der Waals surface area contributed by atoms with Gasteiger partial charge in [0.2, 0.25) is 15.9 Å². The largest absolute Gasteiger partial charge is 0.353 e. The minimum atomic E-state index is -3.39. The Labute approximate surface area is 149 Å². The van der Waals surface area contributed by atoms with Gasteiger partial charge in [-0.3, -0.25) is 4.79 Å². The van der Waals surface area contributed by atoms with Gasteiger partial charge in [0.25, 0.3) is 0 Å². The Hall–Kier alpha value is -1.11. The van der Waals surface area contributed by atoms with Crippen molar-refractivity contribution in [2.24, 2.45) is 5.92 Å². The lowest BCUT2D eigenvalue weighted by Gasteiger charge is -2.31. The van der Waals surface area contributed by atoms with Crippen LogP contribution in [0.25, 0.3) is 0 Å². The van der Waals surface area contributed by atoms with Gasteiger partial charge < -0.3 is 5.32 Å². The van der Waals surface area contributed by atoms with Gasteiger partial charge in [0.1, 0.15) is 0 Å². The van der Waals surface area contributed by atoms with Crippen molar-refractivity contribution >= 4 is 27.5 Å². The summed E-state index contributed by atoms with van der Waals surface area (Å²) >= 11 is 5.91. The molecule has 0 aromatic heterocycles. The van der Waals surface area contributed by atoms with E-state index in [2.05, 4.69) is 5.32 Å². The Kier molecular flexibility index (Phi) is 6.66. The van der Waals surface area contributed by atoms with E-state index in [0.717, 1.165) is 6.42 Å². The molecular weight excluding hydrogens is 348 g/mol. The number of sulfonamides is 1. The predicted molar refractivity (Wildman–Crippen MR) is 96.3 cm³/mol. The minimum absolute atomic E-state index is 0.0382. The fourth-order valence-electron chi connectivity index (χ4n) is 2.79. The van der Waals surface area contributed by atoms with E-state index < -0.39 is 10.0 Å². The number of hydrogen-bond donors (Lipinski definition) is 1. The van der Waals surface area contributed by atoms with Crippen molar-refractivity contribution in [3.8, 4) is 0 Å². The van der Waals surface area contributed by atoms with Crippen molar-refractivity contribution in [2.75, 3.05) is 13.1 Å². The van der Waals surface area contributed by atoms with Crippen LogP contribution in [0.3, 0.4) is 0 Å². The van der Waals surface area contributed by atoms with Gasteiger partial charge in [-0.15, -0.1) is 0 Å². The van der Waals surface area contributed by atoms with Crippen LogP contribution < -0.4 is 5.32 Å². The zero-order chi connectivity index (χ0) is 17.7. The third-order valence-electron chi connectivity index (χ3n) is 4.46. The summed E-state index contributed by atoms with van der Waals surface area (Å²) in [6.07, 6.45) is 2.02. The first kappa shape index (κ1) is 19.2. The average Bonchev–Trinajstić information content (AvgIpc) is 2.54. The number of rotatable bonds is 6. The molecule has 0 bridgehead atoms. The van der Waals surface area contributed by atoms with Crippen LogP contribution in [0.2, 0.25) is 5.02 Å². The van der Waals surface area contributed by atoms with Gasteiger partial charge in [0, 0.05) is 30.1 Å². The maximum absolute atomic E-state index is 12.5. The van der Waals surface area contributed by atoms with E-state index in [1.54, 1.807) is 24.3 Å². The molecule has 0 saturated carbocycles. The summed E-state index contributed by atoms with van der Waals surface area (Å²) in [5, 5.41) is 3.51. The highest BCUT2D eigenvalue weighted by molar-refractivity contribution is 7.88. The first-order valence-electron chi connectivity index (χ1n) is 8.34. The summed E-state index contributed by atoms with van der Waals surface area (Å²) in [5.74, 6) is -0.120. The molecule has 1 heterocycles. The molecule has 7 heteroatoms. The second-order valence-electron chi connectivity index (χ2n) is 6.38. The standard InChI is InChI=1S/C17H25ClN2O3S/c1-3-13(2)19-17(21)15-7-9-20(10-8-15)24(22,23)12-14-5-4-6-16(18)11-14/h4-6,11,13,15H,3,7-10,12H2,1-2H3,(H,19,21)/t13-/m0/s1. The monoisotopic (exact) mass is 372 g/mol. The van der Waals surface area contributed by atoms with Gasteiger partial charge in [-0.1, -0.05) is 30.7 Å². The van der Waals surface area contributed by atoms with Gasteiger partial charge in [-0.2, -0.15) is 0 Å². The molecule has 1 aliphatic heterocycles. The van der Waals surface area contributed by atoms with Crippen molar-refractivity contribution in [3.63, 3.8) is 0 Å². The van der Waals surface area contributed by atoms with Crippen molar-refractivity contribution in [1.29, 1.82) is 0 Å². The third-order valence-corrected chi connectivity index (χ3v) is 6.54. The molecule has 1 N–H and O–H groups in total. The zero-order valence-electron chi connectivity index (χ0n) is 14.2. The molecule has 0 radical (unpaired) electrons. The van der Waals surface area contributed by atoms with Crippen LogP contribution in [0.1, 0.15) is 38.7 Å². The van der Waals surface area contributed by atoms with Crippen LogP contribution in [0.5, 0.6) is 0 Å². The summed E-state index contributed by atoms with van der Waals surface area (Å²) < 4.78 is 26.6. The van der Waals surface area contributed by atoms with E-state index in [4.69, 9.17) is 11.6 Å². The molecule has 1 aromatic rings. The number of benzene rings is 1. The van der Waals surface area contributed by atoms with E-state index in [1.807, 2.05) is 13.8 Å². The van der Waals surface area contributed by atoms with Crippen LogP contribution in [0, 0.1) is 5.92 Å². The summed E-state index contributed by atoms with van der Waals surface area (Å²) in [4.78, 5) is 12.2. The van der Waals surface area contributed by atoms with Crippen molar-refractivity contribution in [2.45, 2.75) is 44.9 Å². The SMILES string of the molecule is CC[C@H](C)NC(=O)C1CCN(S(=O)(=O)Cc2cccc(Cl)c2)CC1. The molecule has 1 fully saturated rings. The summed E-state index contributed by atoms with van der Waals surface area (Å²) in [6, 6.07) is 7.06. The molecule has 1 aromatic carbocycles. The molecule has 1 amide bonds. The smallest absolute Gasteiger partial charge is 0.223 e. The molecular formula is C17H25ClN2O3S. The van der Waals surface area contributed by atoms with Gasteiger partial charge in [0.15, 0.2) is 0 Å². The molecule has 5 nitrogen and oxygen atoms in total. The second kappa shape index (κ2) is 8.32. The molecule has 0 spiro atoms. The molecule has 1 atom stereocenters. The van der Waals surface area contributed by atoms with E-state index >= 15 is 0 Å². The lowest BCUT2D eigenvalue weighted by Crippen LogP contribution is -2.44. The molecule has 24 heavy (non-hydrogen) atoms. The van der Waals surface area contributed by atoms with E-state index in [1.165, 1.54) is 4.31 Å². The predicted octanol–water partition coefficient (Wildman–Crippen LogP) is 2.80. The fraction of sp³-hybridized carbons (Fsp3) is 0.588. The summed E-state index contributed by atoms with van der Waals surface area (Å²) in [6.45, 7) is 4.78. The Bertz CT molecular complexity index is 670. The molecule has 1 aliphatic rings. The lowest BCUT2D eigenvalue weighted by molar-refractivity contribution is -0.126. The first-order chi connectivity index (χ1) is 11.3. The van der Waals surface area contributed by atoms with E-state index in [0.29, 0.717) is 36.5 Å². The van der Waals surface area contributed by atoms with Gasteiger partial charge >= 0.3 is 0 Å². The number of piperidine rings is 1. The summed E-state index contributed by atoms with van der Waals surface area (Å²) in [5.41, 5.74) is 0.680. The van der Waals surface area contributed by atoms with Crippen LogP contribution in [0.15, 0.2) is 24.3 Å². The normalized spacial score (nSPS) is 18.3. The van der Waals surface area contributed by atoms with Gasteiger partial charge in [0.05, 0.1) is 5.75 Å². The summed E-state index contributed by atoms with van der Waals surface area (Å²) in [7, 11) is -3.39. The Morgan fingerprint density at radius 2 is 2.04 bits per heavy atom. The topological polar surface area (TPSA) is 66.5 Å². The molecule has 2 rings (SSSR count). The molecule has 134 valence electrons. The van der Waals surface area contributed by atoms with E-state index in [-0.39, 0.29) is 23.6 Å². The lowest BCUT2D eigenvalue weighted by atomic mass is 9.97. The van der Waals surface area contributed by atoms with Crippen LogP contribution in [-0.4, -0.2) is 37.8 Å². The second-order valence-corrected chi connectivity index (χ2v) is 8.78. The van der Waals surface area contributed by atoms with Crippen molar-refractivity contribution in [1.82, 2.24) is 9.62 Å². The zero-order valence-corrected chi connectivity index (χ0v) is 15.7. The maximum Gasteiger partial charge on any atom is 0.223 e. The number of halogens is 1. The molecule has 0 aliphatic carbocycles. The Morgan fingerprint density at radius 1 is 1.38 bits per heavy atom. The number of hydrogen-bond acceptors (Lipinski definition) is 3. The highest BCUT2D eigenvalue weighted by Gasteiger charge is 2.31. The van der Waals surface area contributed by atoms with Gasteiger partial charge in [-0.25, -0.2) is 12.7 Å². The van der Waals surface area contributed by atoms with Crippen LogP contribution >= 0.6 is 11.6 Å². The highest BCUT2D eigenvalue weighted by Crippen LogP contribution is 2.23. The number of nitrogens with zero attached hydrogens (tertiary/aromatic N) is 1. The Balaban J connectivity index is 1.92. The quantitative estimate of drug-likeness (QED) is 0.834. The molecule has 1 saturated heterocycles. The number of carbonyl (C=O) groups is 1. The maximum atomic E-state index is 12.5. The van der Waals surface area contributed by atoms with Crippen molar-refractivity contribution in [3.05, 3.63) is 34.9 Å². The number of amides is 1. The number of nitrogens with one attached hydrogen (secondary N) is 1. The van der Waals surface area contributed by atoms with Crippen LogP contribution in [-0.2, 0) is 20.6 Å². The van der Waals surface area contributed by atoms with E-state index in [9.17, 15) is 13.2 Å².